The predicted molar refractivity (Wildman–Crippen MR) is 100 cm³/mol. The second kappa shape index (κ2) is 7.85. The van der Waals surface area contributed by atoms with Gasteiger partial charge in [-0.25, -0.2) is 9.07 Å². The summed E-state index contributed by atoms with van der Waals surface area (Å²) in [4.78, 5) is 2.51. The maximum Gasteiger partial charge on any atom is 0.123 e. The van der Waals surface area contributed by atoms with Gasteiger partial charge in [-0.3, -0.25) is 4.90 Å². The van der Waals surface area contributed by atoms with Crippen LogP contribution in [-0.2, 0) is 19.4 Å². The molecule has 0 amide bonds. The molecule has 1 aliphatic carbocycles. The molecule has 2 aliphatic rings. The Bertz CT molecular complexity index is 713. The Labute approximate surface area is 154 Å². The van der Waals surface area contributed by atoms with Gasteiger partial charge in [0.05, 0.1) is 11.4 Å². The van der Waals surface area contributed by atoms with Crippen molar-refractivity contribution in [3.63, 3.8) is 0 Å². The van der Waals surface area contributed by atoms with Crippen molar-refractivity contribution in [2.45, 2.75) is 44.7 Å². The van der Waals surface area contributed by atoms with Gasteiger partial charge in [-0.05, 0) is 75.5 Å². The van der Waals surface area contributed by atoms with Gasteiger partial charge in [0.2, 0.25) is 0 Å². The molecule has 0 spiro atoms. The van der Waals surface area contributed by atoms with Gasteiger partial charge >= 0.3 is 0 Å². The maximum absolute atomic E-state index is 13.2. The maximum atomic E-state index is 13.2. The van der Waals surface area contributed by atoms with Crippen molar-refractivity contribution < 1.29 is 4.39 Å². The highest BCUT2D eigenvalue weighted by Gasteiger charge is 2.26. The molecule has 4 rings (SSSR count). The molecule has 2 heterocycles. The number of nitrogens with one attached hydrogen (secondary N) is 1. The van der Waals surface area contributed by atoms with Gasteiger partial charge in [0.15, 0.2) is 0 Å². The number of hydrogen-bond donors (Lipinski definition) is 1. The summed E-state index contributed by atoms with van der Waals surface area (Å²) in [6.45, 7) is 3.17. The third kappa shape index (κ3) is 3.73. The Balaban J connectivity index is 0.00000182. The largest absolute Gasteiger partial charge is 0.316 e. The van der Waals surface area contributed by atoms with E-state index in [1.807, 2.05) is 16.8 Å². The van der Waals surface area contributed by atoms with Gasteiger partial charge in [0.1, 0.15) is 5.82 Å². The third-order valence-electron chi connectivity index (χ3n) is 5.37. The fraction of sp³-hybridized carbons (Fsp3) is 0.526. The number of rotatable bonds is 4. The number of halogens is 2. The number of likely N-dealkylation sites (tertiary alicyclic amines) is 1. The van der Waals surface area contributed by atoms with Crippen LogP contribution in [-0.4, -0.2) is 40.9 Å². The summed E-state index contributed by atoms with van der Waals surface area (Å²) in [5.41, 5.74) is 4.92. The summed E-state index contributed by atoms with van der Waals surface area (Å²) in [6.07, 6.45) is 5.88. The summed E-state index contributed by atoms with van der Waals surface area (Å²) in [5, 5.41) is 8.31. The van der Waals surface area contributed by atoms with Crippen molar-refractivity contribution >= 4 is 12.4 Å². The van der Waals surface area contributed by atoms with E-state index in [1.54, 1.807) is 0 Å². The Kier molecular flexibility index (Phi) is 5.77. The lowest BCUT2D eigenvalue weighted by Crippen LogP contribution is -2.44. The SMILES string of the molecule is CNC1CCCN(Cc2nn(-c3ccc(F)cc3)c3c2CCC3)C1.Cl. The van der Waals surface area contributed by atoms with E-state index in [0.29, 0.717) is 6.04 Å². The molecular formula is C19H26ClFN4. The zero-order valence-corrected chi connectivity index (χ0v) is 15.5. The Morgan fingerprint density at radius 3 is 2.76 bits per heavy atom. The highest BCUT2D eigenvalue weighted by molar-refractivity contribution is 5.85. The quantitative estimate of drug-likeness (QED) is 0.905. The van der Waals surface area contributed by atoms with Crippen LogP contribution in [0.4, 0.5) is 4.39 Å². The standard InChI is InChI=1S/C19H25FN4.ClH/c1-21-15-4-3-11-23(12-15)13-18-17-5-2-6-19(17)24(22-18)16-9-7-14(20)8-10-16;/h7-10,15,21H,2-6,11-13H2,1H3;1H. The summed E-state index contributed by atoms with van der Waals surface area (Å²) >= 11 is 0. The van der Waals surface area contributed by atoms with Gasteiger partial charge in [-0.15, -0.1) is 12.4 Å². The van der Waals surface area contributed by atoms with Crippen LogP contribution in [0.25, 0.3) is 5.69 Å². The zero-order chi connectivity index (χ0) is 16.5. The van der Waals surface area contributed by atoms with E-state index in [0.717, 1.165) is 38.2 Å². The molecule has 4 nitrogen and oxygen atoms in total. The van der Waals surface area contributed by atoms with Gasteiger partial charge in [0.25, 0.3) is 0 Å². The van der Waals surface area contributed by atoms with E-state index in [-0.39, 0.29) is 18.2 Å². The molecule has 1 atom stereocenters. The highest BCUT2D eigenvalue weighted by Crippen LogP contribution is 2.29. The van der Waals surface area contributed by atoms with Crippen LogP contribution >= 0.6 is 12.4 Å². The van der Waals surface area contributed by atoms with E-state index in [4.69, 9.17) is 5.10 Å². The number of nitrogens with zero attached hydrogens (tertiary/aromatic N) is 3. The van der Waals surface area contributed by atoms with Crippen molar-refractivity contribution in [3.8, 4) is 5.69 Å². The van der Waals surface area contributed by atoms with Crippen LogP contribution in [0.1, 0.15) is 36.2 Å². The Hall–Kier alpha value is -1.43. The first-order valence-corrected chi connectivity index (χ1v) is 9.00. The number of fused-ring (bicyclic) bond motifs is 1. The van der Waals surface area contributed by atoms with E-state index in [9.17, 15) is 4.39 Å². The number of hydrogen-bond acceptors (Lipinski definition) is 3. The molecule has 1 saturated heterocycles. The van der Waals surface area contributed by atoms with Crippen LogP contribution in [0.15, 0.2) is 24.3 Å². The van der Waals surface area contributed by atoms with Gasteiger partial charge in [-0.2, -0.15) is 5.10 Å². The number of piperidine rings is 1. The van der Waals surface area contributed by atoms with Crippen LogP contribution in [0.2, 0.25) is 0 Å². The monoisotopic (exact) mass is 364 g/mol. The van der Waals surface area contributed by atoms with Crippen molar-refractivity contribution in [2.75, 3.05) is 20.1 Å². The van der Waals surface area contributed by atoms with Crippen molar-refractivity contribution in [3.05, 3.63) is 47.0 Å². The summed E-state index contributed by atoms with van der Waals surface area (Å²) in [7, 11) is 2.05. The molecule has 1 aromatic heterocycles. The molecule has 1 unspecified atom stereocenters. The molecule has 1 N–H and O–H groups in total. The smallest absolute Gasteiger partial charge is 0.123 e. The van der Waals surface area contributed by atoms with E-state index in [1.165, 1.54) is 48.3 Å². The van der Waals surface area contributed by atoms with Crippen LogP contribution in [0.3, 0.4) is 0 Å². The molecule has 0 bridgehead atoms. The highest BCUT2D eigenvalue weighted by atomic mass is 35.5. The molecule has 6 heteroatoms. The second-order valence-corrected chi connectivity index (χ2v) is 6.98. The van der Waals surface area contributed by atoms with Crippen molar-refractivity contribution in [2.24, 2.45) is 0 Å². The van der Waals surface area contributed by atoms with Gasteiger partial charge < -0.3 is 5.32 Å². The summed E-state index contributed by atoms with van der Waals surface area (Å²) in [6, 6.07) is 7.26. The van der Waals surface area contributed by atoms with Gasteiger partial charge in [0, 0.05) is 24.8 Å². The fourth-order valence-electron chi connectivity index (χ4n) is 4.08. The number of likely N-dealkylation sites (N-methyl/N-ethyl adjacent to an activating group) is 1. The van der Waals surface area contributed by atoms with Crippen molar-refractivity contribution in [1.82, 2.24) is 20.0 Å². The first-order valence-electron chi connectivity index (χ1n) is 9.00. The van der Waals surface area contributed by atoms with Crippen LogP contribution in [0.5, 0.6) is 0 Å². The van der Waals surface area contributed by atoms with E-state index >= 15 is 0 Å². The van der Waals surface area contributed by atoms with Crippen molar-refractivity contribution in [1.29, 1.82) is 0 Å². The minimum Gasteiger partial charge on any atom is -0.316 e. The minimum absolute atomic E-state index is 0. The molecule has 1 fully saturated rings. The van der Waals surface area contributed by atoms with Gasteiger partial charge in [-0.1, -0.05) is 0 Å². The second-order valence-electron chi connectivity index (χ2n) is 6.98. The Morgan fingerprint density at radius 2 is 2.00 bits per heavy atom. The normalized spacial score (nSPS) is 20.3. The molecule has 2 aromatic rings. The first-order chi connectivity index (χ1) is 11.7. The lowest BCUT2D eigenvalue weighted by atomic mass is 10.1. The lowest BCUT2D eigenvalue weighted by molar-refractivity contribution is 0.185. The lowest BCUT2D eigenvalue weighted by Gasteiger charge is -2.32. The molecule has 0 saturated carbocycles. The predicted octanol–water partition coefficient (Wildman–Crippen LogP) is 3.11. The summed E-state index contributed by atoms with van der Waals surface area (Å²) < 4.78 is 15.3. The molecule has 25 heavy (non-hydrogen) atoms. The fourth-order valence-corrected chi connectivity index (χ4v) is 4.08. The average Bonchev–Trinajstić information content (AvgIpc) is 3.20. The van der Waals surface area contributed by atoms with E-state index in [2.05, 4.69) is 17.3 Å². The Morgan fingerprint density at radius 1 is 1.20 bits per heavy atom. The minimum atomic E-state index is -0.200. The first kappa shape index (κ1) is 18.4. The number of aromatic nitrogens is 2. The van der Waals surface area contributed by atoms with E-state index < -0.39 is 0 Å². The molecule has 0 radical (unpaired) electrons. The zero-order valence-electron chi connectivity index (χ0n) is 14.7. The van der Waals surface area contributed by atoms with Crippen LogP contribution in [0, 0.1) is 5.82 Å². The molecule has 1 aliphatic heterocycles. The van der Waals surface area contributed by atoms with Crippen LogP contribution < -0.4 is 5.32 Å². The number of benzene rings is 1. The topological polar surface area (TPSA) is 33.1 Å². The third-order valence-corrected chi connectivity index (χ3v) is 5.37. The summed E-state index contributed by atoms with van der Waals surface area (Å²) in [5.74, 6) is -0.200. The average molecular weight is 365 g/mol. The molecule has 1 aromatic carbocycles. The molecule has 136 valence electrons. The molecular weight excluding hydrogens is 339 g/mol.